The molecule has 1 atom stereocenters. The van der Waals surface area contributed by atoms with Gasteiger partial charge in [-0.3, -0.25) is 4.98 Å². The Morgan fingerprint density at radius 3 is 2.50 bits per heavy atom. The van der Waals surface area contributed by atoms with E-state index in [0.29, 0.717) is 5.41 Å². The van der Waals surface area contributed by atoms with Gasteiger partial charge in [-0.25, -0.2) is 4.98 Å². The molecule has 0 N–H and O–H groups in total. The van der Waals surface area contributed by atoms with Gasteiger partial charge >= 0.3 is 0 Å². The Bertz CT molecular complexity index is 395. The van der Waals surface area contributed by atoms with Crippen molar-refractivity contribution in [1.82, 2.24) is 9.97 Å². The molecule has 0 unspecified atom stereocenters. The molecule has 3 nitrogen and oxygen atoms in total. The lowest BCUT2D eigenvalue weighted by Crippen LogP contribution is -2.47. The molecule has 1 aliphatic heterocycles. The van der Waals surface area contributed by atoms with Crippen molar-refractivity contribution in [2.45, 2.75) is 41.0 Å². The minimum absolute atomic E-state index is 0.346. The molecular formula is C15H25N3. The van der Waals surface area contributed by atoms with Crippen LogP contribution in [0.15, 0.2) is 12.4 Å². The Morgan fingerprint density at radius 2 is 2.00 bits per heavy atom. The number of piperidine rings is 1. The van der Waals surface area contributed by atoms with E-state index in [9.17, 15) is 0 Å². The molecule has 3 heteroatoms. The molecule has 0 radical (unpaired) electrons. The zero-order valence-corrected chi connectivity index (χ0v) is 12.3. The SMILES string of the molecule is Cc1cnc(N2CC[C@@H](C(C)C)C(C)(C)C2)cn1. The van der Waals surface area contributed by atoms with Crippen LogP contribution in [0.25, 0.3) is 0 Å². The van der Waals surface area contributed by atoms with E-state index in [4.69, 9.17) is 0 Å². The Hall–Kier alpha value is -1.12. The van der Waals surface area contributed by atoms with Crippen LogP contribution in [-0.2, 0) is 0 Å². The zero-order valence-electron chi connectivity index (χ0n) is 12.3. The quantitative estimate of drug-likeness (QED) is 0.803. The summed E-state index contributed by atoms with van der Waals surface area (Å²) in [5.74, 6) is 2.58. The van der Waals surface area contributed by atoms with Gasteiger partial charge in [-0.15, -0.1) is 0 Å². The van der Waals surface area contributed by atoms with Gasteiger partial charge in [0.1, 0.15) is 5.82 Å². The van der Waals surface area contributed by atoms with E-state index in [1.165, 1.54) is 6.42 Å². The molecule has 100 valence electrons. The maximum atomic E-state index is 4.50. The molecule has 1 fully saturated rings. The molecule has 0 aliphatic carbocycles. The number of aromatic nitrogens is 2. The molecule has 1 aromatic rings. The second-order valence-electron chi connectivity index (χ2n) is 6.57. The highest BCUT2D eigenvalue weighted by molar-refractivity contribution is 5.37. The fraction of sp³-hybridized carbons (Fsp3) is 0.733. The summed E-state index contributed by atoms with van der Waals surface area (Å²) in [6.45, 7) is 13.6. The average Bonchev–Trinajstić information content (AvgIpc) is 2.28. The highest BCUT2D eigenvalue weighted by atomic mass is 15.2. The van der Waals surface area contributed by atoms with E-state index in [-0.39, 0.29) is 0 Å². The van der Waals surface area contributed by atoms with Crippen molar-refractivity contribution in [3.63, 3.8) is 0 Å². The van der Waals surface area contributed by atoms with Crippen LogP contribution in [0.1, 0.15) is 39.8 Å². The van der Waals surface area contributed by atoms with Gasteiger partial charge in [0.2, 0.25) is 0 Å². The van der Waals surface area contributed by atoms with Gasteiger partial charge < -0.3 is 4.90 Å². The molecule has 0 amide bonds. The Labute approximate surface area is 111 Å². The fourth-order valence-corrected chi connectivity index (χ4v) is 3.35. The number of hydrogen-bond donors (Lipinski definition) is 0. The van der Waals surface area contributed by atoms with E-state index in [0.717, 1.165) is 36.4 Å². The molecular weight excluding hydrogens is 222 g/mol. The lowest BCUT2D eigenvalue weighted by molar-refractivity contribution is 0.127. The maximum absolute atomic E-state index is 4.50. The lowest BCUT2D eigenvalue weighted by Gasteiger charge is -2.46. The Kier molecular flexibility index (Phi) is 3.60. The third-order valence-electron chi connectivity index (χ3n) is 4.21. The van der Waals surface area contributed by atoms with Gasteiger partial charge in [-0.1, -0.05) is 27.7 Å². The minimum atomic E-state index is 0.346. The first-order valence-electron chi connectivity index (χ1n) is 6.94. The van der Waals surface area contributed by atoms with Crippen LogP contribution in [0.5, 0.6) is 0 Å². The molecule has 0 saturated carbocycles. The molecule has 2 heterocycles. The molecule has 1 saturated heterocycles. The third-order valence-corrected chi connectivity index (χ3v) is 4.21. The maximum Gasteiger partial charge on any atom is 0.147 e. The molecule has 1 aliphatic rings. The van der Waals surface area contributed by atoms with Crippen molar-refractivity contribution < 1.29 is 0 Å². The summed E-state index contributed by atoms with van der Waals surface area (Å²) in [6.07, 6.45) is 5.01. The van der Waals surface area contributed by atoms with Gasteiger partial charge in [0, 0.05) is 13.1 Å². The van der Waals surface area contributed by atoms with Crippen molar-refractivity contribution >= 4 is 5.82 Å². The van der Waals surface area contributed by atoms with E-state index in [2.05, 4.69) is 42.6 Å². The van der Waals surface area contributed by atoms with Crippen LogP contribution in [0.4, 0.5) is 5.82 Å². The Morgan fingerprint density at radius 1 is 1.28 bits per heavy atom. The normalized spacial score (nSPS) is 23.4. The van der Waals surface area contributed by atoms with E-state index >= 15 is 0 Å². The number of anilines is 1. The monoisotopic (exact) mass is 247 g/mol. The van der Waals surface area contributed by atoms with Crippen LogP contribution in [-0.4, -0.2) is 23.1 Å². The summed E-state index contributed by atoms with van der Waals surface area (Å²) in [7, 11) is 0. The Balaban J connectivity index is 2.13. The summed E-state index contributed by atoms with van der Waals surface area (Å²) in [5.41, 5.74) is 1.33. The summed E-state index contributed by atoms with van der Waals surface area (Å²) >= 11 is 0. The van der Waals surface area contributed by atoms with Gasteiger partial charge in [-0.2, -0.15) is 0 Å². The molecule has 1 aromatic heterocycles. The first-order valence-corrected chi connectivity index (χ1v) is 6.94. The predicted octanol–water partition coefficient (Wildman–Crippen LogP) is 3.29. The van der Waals surface area contributed by atoms with Crippen molar-refractivity contribution in [2.24, 2.45) is 17.3 Å². The van der Waals surface area contributed by atoms with Gasteiger partial charge in [0.15, 0.2) is 0 Å². The second kappa shape index (κ2) is 4.87. The molecule has 0 aromatic carbocycles. The van der Waals surface area contributed by atoms with Crippen LogP contribution in [0.2, 0.25) is 0 Å². The summed E-state index contributed by atoms with van der Waals surface area (Å²) < 4.78 is 0. The van der Waals surface area contributed by atoms with Crippen LogP contribution in [0.3, 0.4) is 0 Å². The van der Waals surface area contributed by atoms with E-state index in [1.54, 1.807) is 0 Å². The molecule has 18 heavy (non-hydrogen) atoms. The second-order valence-corrected chi connectivity index (χ2v) is 6.57. The molecule has 0 spiro atoms. The van der Waals surface area contributed by atoms with Gasteiger partial charge in [0.05, 0.1) is 18.1 Å². The lowest BCUT2D eigenvalue weighted by atomic mass is 9.69. The average molecular weight is 247 g/mol. The van der Waals surface area contributed by atoms with Crippen molar-refractivity contribution in [3.8, 4) is 0 Å². The number of aryl methyl sites for hydroxylation is 1. The standard InChI is InChI=1S/C15H25N3/c1-11(2)13-6-7-18(10-15(13,4)5)14-9-16-12(3)8-17-14/h8-9,11,13H,6-7,10H2,1-5H3/t13-/m0/s1. The zero-order chi connectivity index (χ0) is 13.3. The largest absolute Gasteiger partial charge is 0.355 e. The minimum Gasteiger partial charge on any atom is -0.355 e. The summed E-state index contributed by atoms with van der Waals surface area (Å²) in [6, 6.07) is 0. The summed E-state index contributed by atoms with van der Waals surface area (Å²) in [4.78, 5) is 11.2. The highest BCUT2D eigenvalue weighted by Gasteiger charge is 2.37. The highest BCUT2D eigenvalue weighted by Crippen LogP contribution is 2.40. The van der Waals surface area contributed by atoms with Crippen molar-refractivity contribution in [2.75, 3.05) is 18.0 Å². The molecule has 0 bridgehead atoms. The van der Waals surface area contributed by atoms with Crippen LogP contribution < -0.4 is 4.90 Å². The van der Waals surface area contributed by atoms with E-state index in [1.807, 2.05) is 19.3 Å². The number of hydrogen-bond acceptors (Lipinski definition) is 3. The summed E-state index contributed by atoms with van der Waals surface area (Å²) in [5, 5.41) is 0. The molecule has 2 rings (SSSR count). The van der Waals surface area contributed by atoms with Crippen molar-refractivity contribution in [3.05, 3.63) is 18.1 Å². The topological polar surface area (TPSA) is 29.0 Å². The smallest absolute Gasteiger partial charge is 0.147 e. The predicted molar refractivity (Wildman–Crippen MR) is 75.7 cm³/mol. The van der Waals surface area contributed by atoms with E-state index < -0.39 is 0 Å². The first-order chi connectivity index (χ1) is 8.40. The number of rotatable bonds is 2. The van der Waals surface area contributed by atoms with Gasteiger partial charge in [-0.05, 0) is 30.6 Å². The van der Waals surface area contributed by atoms with Crippen LogP contribution in [0, 0.1) is 24.2 Å². The van der Waals surface area contributed by atoms with Gasteiger partial charge in [0.25, 0.3) is 0 Å². The van der Waals surface area contributed by atoms with Crippen LogP contribution >= 0.6 is 0 Å². The third kappa shape index (κ3) is 2.65. The fourth-order valence-electron chi connectivity index (χ4n) is 3.35. The first kappa shape index (κ1) is 13.3. The van der Waals surface area contributed by atoms with Crippen molar-refractivity contribution in [1.29, 1.82) is 0 Å². The number of nitrogens with zero attached hydrogens (tertiary/aromatic N) is 3.